The van der Waals surface area contributed by atoms with Gasteiger partial charge in [0.2, 0.25) is 0 Å². The van der Waals surface area contributed by atoms with E-state index in [2.05, 4.69) is 16.7 Å². The highest BCUT2D eigenvalue weighted by Crippen LogP contribution is 2.29. The van der Waals surface area contributed by atoms with Gasteiger partial charge in [-0.15, -0.1) is 11.3 Å². The molecule has 8 nitrogen and oxygen atoms in total. The number of hydrogen-bond acceptors (Lipinski definition) is 6. The second kappa shape index (κ2) is 10.8. The third-order valence-electron chi connectivity index (χ3n) is 5.40. The number of nitrogens with zero attached hydrogens (tertiary/aromatic N) is 2. The van der Waals surface area contributed by atoms with E-state index >= 15 is 0 Å². The van der Waals surface area contributed by atoms with Gasteiger partial charge < -0.3 is 15.4 Å². The Morgan fingerprint density at radius 1 is 1.12 bits per heavy atom. The van der Waals surface area contributed by atoms with Gasteiger partial charge in [0.15, 0.2) is 6.61 Å². The van der Waals surface area contributed by atoms with Crippen LogP contribution in [0.15, 0.2) is 47.8 Å². The smallest absolute Gasteiger partial charge is 0.329 e. The lowest BCUT2D eigenvalue weighted by atomic mass is 10.0. The predicted octanol–water partition coefficient (Wildman–Crippen LogP) is 3.96. The van der Waals surface area contributed by atoms with Gasteiger partial charge in [0.05, 0.1) is 10.4 Å². The molecule has 2 N–H and O–H groups in total. The van der Waals surface area contributed by atoms with E-state index in [1.807, 2.05) is 44.2 Å². The average Bonchev–Trinajstić information content (AvgIpc) is 3.43. The van der Waals surface area contributed by atoms with Gasteiger partial charge >= 0.3 is 5.97 Å². The maximum absolute atomic E-state index is 12.7. The molecule has 0 bridgehead atoms. The van der Waals surface area contributed by atoms with Crippen molar-refractivity contribution in [1.82, 2.24) is 9.88 Å². The van der Waals surface area contributed by atoms with Crippen LogP contribution in [-0.4, -0.2) is 35.0 Å². The summed E-state index contributed by atoms with van der Waals surface area (Å²) in [6, 6.07) is 14.0. The molecule has 0 saturated carbocycles. The highest BCUT2D eigenvalue weighted by atomic mass is 32.1. The number of aromatic nitrogens is 1. The van der Waals surface area contributed by atoms with E-state index in [9.17, 15) is 19.6 Å². The van der Waals surface area contributed by atoms with Crippen LogP contribution in [0.1, 0.15) is 40.3 Å². The summed E-state index contributed by atoms with van der Waals surface area (Å²) in [6.45, 7) is 6.67. The van der Waals surface area contributed by atoms with Gasteiger partial charge in [0, 0.05) is 11.4 Å². The van der Waals surface area contributed by atoms with Crippen LogP contribution in [0.3, 0.4) is 0 Å². The Morgan fingerprint density at radius 3 is 2.41 bits per heavy atom. The molecule has 176 valence electrons. The van der Waals surface area contributed by atoms with E-state index < -0.39 is 24.5 Å². The highest BCUT2D eigenvalue weighted by Gasteiger charge is 2.27. The molecule has 0 fully saturated rings. The number of carbonyl (C=O) groups is 3. The van der Waals surface area contributed by atoms with Gasteiger partial charge in [0.1, 0.15) is 17.9 Å². The molecule has 0 aliphatic carbocycles. The second-order valence-corrected chi connectivity index (χ2v) is 8.99. The van der Waals surface area contributed by atoms with Crippen LogP contribution in [0, 0.1) is 31.1 Å². The molecule has 0 saturated heterocycles. The van der Waals surface area contributed by atoms with Crippen molar-refractivity contribution in [1.29, 1.82) is 5.26 Å². The Labute approximate surface area is 202 Å². The number of para-hydroxylation sites is 1. The van der Waals surface area contributed by atoms with E-state index in [1.54, 1.807) is 35.9 Å². The average molecular weight is 479 g/mol. The summed E-state index contributed by atoms with van der Waals surface area (Å²) < 4.78 is 7.00. The normalized spacial score (nSPS) is 11.5. The number of carbonyl (C=O) groups excluding carboxylic acids is 3. The summed E-state index contributed by atoms with van der Waals surface area (Å²) in [4.78, 5) is 38.2. The zero-order valence-corrected chi connectivity index (χ0v) is 20.2. The molecule has 34 heavy (non-hydrogen) atoms. The molecular weight excluding hydrogens is 452 g/mol. The first-order chi connectivity index (χ1) is 16.2. The maximum atomic E-state index is 12.7. The van der Waals surface area contributed by atoms with E-state index in [0.29, 0.717) is 16.3 Å². The van der Waals surface area contributed by atoms with Gasteiger partial charge in [-0.25, -0.2) is 4.79 Å². The zero-order valence-electron chi connectivity index (χ0n) is 19.4. The summed E-state index contributed by atoms with van der Waals surface area (Å²) >= 11 is 1.27. The Bertz CT molecular complexity index is 1220. The lowest BCUT2D eigenvalue weighted by Crippen LogP contribution is -2.45. The molecule has 3 rings (SSSR count). The molecule has 1 aromatic carbocycles. The molecule has 0 aliphatic rings. The summed E-state index contributed by atoms with van der Waals surface area (Å²) in [6.07, 6.45) is 0. The van der Waals surface area contributed by atoms with E-state index in [0.717, 1.165) is 16.9 Å². The maximum Gasteiger partial charge on any atom is 0.329 e. The minimum atomic E-state index is -0.908. The van der Waals surface area contributed by atoms with Crippen LogP contribution in [0.25, 0.3) is 5.69 Å². The summed E-state index contributed by atoms with van der Waals surface area (Å²) in [5.74, 6) is -1.60. The minimum absolute atomic E-state index is 0.245. The third kappa shape index (κ3) is 5.35. The van der Waals surface area contributed by atoms with Crippen molar-refractivity contribution in [3.63, 3.8) is 0 Å². The largest absolute Gasteiger partial charge is 0.454 e. The lowest BCUT2D eigenvalue weighted by molar-refractivity contribution is -0.150. The zero-order chi connectivity index (χ0) is 24.8. The molecule has 1 unspecified atom stereocenters. The number of rotatable bonds is 8. The van der Waals surface area contributed by atoms with Gasteiger partial charge in [-0.3, -0.25) is 14.2 Å². The van der Waals surface area contributed by atoms with E-state index in [4.69, 9.17) is 4.74 Å². The monoisotopic (exact) mass is 478 g/mol. The molecule has 9 heteroatoms. The standard InChI is InChI=1S/C25H26N4O4S/c1-15(2)22(28-24(31)20-11-8-12-34-20)25(32)33-14-21(30)27-23-19(13-26)16(3)17(4)29(23)18-9-6-5-7-10-18/h5-12,15,22H,14H2,1-4H3,(H,27,30)(H,28,31). The van der Waals surface area contributed by atoms with Crippen LogP contribution in [0.4, 0.5) is 5.82 Å². The molecule has 0 radical (unpaired) electrons. The van der Waals surface area contributed by atoms with Crippen molar-refractivity contribution in [2.24, 2.45) is 5.92 Å². The number of nitrogens with one attached hydrogen (secondary N) is 2. The van der Waals surface area contributed by atoms with E-state index in [-0.39, 0.29) is 11.8 Å². The van der Waals surface area contributed by atoms with Crippen molar-refractivity contribution in [2.45, 2.75) is 33.7 Å². The van der Waals surface area contributed by atoms with Crippen molar-refractivity contribution in [3.05, 3.63) is 69.5 Å². The summed E-state index contributed by atoms with van der Waals surface area (Å²) in [5, 5.41) is 16.8. The van der Waals surface area contributed by atoms with Crippen LogP contribution >= 0.6 is 11.3 Å². The second-order valence-electron chi connectivity index (χ2n) is 8.05. The summed E-state index contributed by atoms with van der Waals surface area (Å²) in [7, 11) is 0. The van der Waals surface area contributed by atoms with Crippen molar-refractivity contribution < 1.29 is 19.1 Å². The van der Waals surface area contributed by atoms with Gasteiger partial charge in [-0.1, -0.05) is 38.1 Å². The van der Waals surface area contributed by atoms with Crippen LogP contribution in [-0.2, 0) is 14.3 Å². The van der Waals surface area contributed by atoms with Crippen LogP contribution < -0.4 is 10.6 Å². The molecular formula is C25H26N4O4S. The van der Waals surface area contributed by atoms with Crippen LogP contribution in [0.2, 0.25) is 0 Å². The topological polar surface area (TPSA) is 113 Å². The number of anilines is 1. The lowest BCUT2D eigenvalue weighted by Gasteiger charge is -2.20. The molecule has 1 atom stereocenters. The van der Waals surface area contributed by atoms with Crippen molar-refractivity contribution in [3.8, 4) is 11.8 Å². The minimum Gasteiger partial charge on any atom is -0.454 e. The number of nitriles is 1. The van der Waals surface area contributed by atoms with Crippen molar-refractivity contribution >= 4 is 34.9 Å². The first-order valence-corrected chi connectivity index (χ1v) is 11.6. The molecule has 2 aromatic heterocycles. The Kier molecular flexibility index (Phi) is 7.87. The Balaban J connectivity index is 1.72. The first kappa shape index (κ1) is 24.7. The predicted molar refractivity (Wildman–Crippen MR) is 130 cm³/mol. The Hall–Kier alpha value is -3.90. The fraction of sp³-hybridized carbons (Fsp3) is 0.280. The van der Waals surface area contributed by atoms with E-state index in [1.165, 1.54) is 11.3 Å². The highest BCUT2D eigenvalue weighted by molar-refractivity contribution is 7.12. The molecule has 0 aliphatic heterocycles. The fourth-order valence-electron chi connectivity index (χ4n) is 3.47. The number of ether oxygens (including phenoxy) is 1. The molecule has 0 spiro atoms. The fourth-order valence-corrected chi connectivity index (χ4v) is 4.10. The molecule has 2 heterocycles. The van der Waals surface area contributed by atoms with Gasteiger partial charge in [0.25, 0.3) is 11.8 Å². The SMILES string of the molecule is Cc1c(C#N)c(NC(=O)COC(=O)C(NC(=O)c2cccs2)C(C)C)n(-c2ccccc2)c1C. The van der Waals surface area contributed by atoms with Gasteiger partial charge in [-0.05, 0) is 48.9 Å². The molecule has 2 amide bonds. The van der Waals surface area contributed by atoms with Crippen molar-refractivity contribution in [2.75, 3.05) is 11.9 Å². The number of esters is 1. The van der Waals surface area contributed by atoms with Crippen LogP contribution in [0.5, 0.6) is 0 Å². The number of amides is 2. The number of hydrogen-bond donors (Lipinski definition) is 2. The number of benzene rings is 1. The molecule has 3 aromatic rings. The quantitative estimate of drug-likeness (QED) is 0.476. The summed E-state index contributed by atoms with van der Waals surface area (Å²) in [5.41, 5.74) is 2.68. The first-order valence-electron chi connectivity index (χ1n) is 10.7. The number of thiophene rings is 1. The van der Waals surface area contributed by atoms with Gasteiger partial charge in [-0.2, -0.15) is 5.26 Å². The Morgan fingerprint density at radius 2 is 1.82 bits per heavy atom. The third-order valence-corrected chi connectivity index (χ3v) is 6.26.